The van der Waals surface area contributed by atoms with Crippen LogP contribution in [0.2, 0.25) is 0 Å². The molecule has 2 rings (SSSR count). The zero-order valence-electron chi connectivity index (χ0n) is 10.7. The highest BCUT2D eigenvalue weighted by atomic mass is 127. The van der Waals surface area contributed by atoms with Crippen molar-refractivity contribution in [1.29, 1.82) is 0 Å². The van der Waals surface area contributed by atoms with Gasteiger partial charge in [-0.15, -0.1) is 0 Å². The molecule has 2 heteroatoms. The maximum absolute atomic E-state index is 6.47. The molecule has 1 aliphatic carbocycles. The molecule has 17 heavy (non-hydrogen) atoms. The summed E-state index contributed by atoms with van der Waals surface area (Å²) in [5.41, 5.74) is 7.81. The van der Waals surface area contributed by atoms with Crippen molar-refractivity contribution in [2.45, 2.75) is 39.2 Å². The minimum atomic E-state index is 0.220. The second-order valence-electron chi connectivity index (χ2n) is 5.57. The number of nitrogens with two attached hydrogens (primary N) is 1. The molecule has 94 valence electrons. The summed E-state index contributed by atoms with van der Waals surface area (Å²) < 4.78 is 1.31. The number of benzene rings is 1. The normalized spacial score (nSPS) is 31.2. The molecule has 0 bridgehead atoms. The Balaban J connectivity index is 2.10. The van der Waals surface area contributed by atoms with E-state index in [4.69, 9.17) is 5.73 Å². The predicted molar refractivity (Wildman–Crippen MR) is 81.8 cm³/mol. The Hall–Kier alpha value is -0.0900. The molecule has 2 N–H and O–H groups in total. The molecular weight excluding hydrogens is 321 g/mol. The van der Waals surface area contributed by atoms with E-state index in [-0.39, 0.29) is 6.04 Å². The Morgan fingerprint density at radius 1 is 1.18 bits per heavy atom. The molecule has 1 nitrogen and oxygen atoms in total. The standard InChI is InChI=1S/C15H22IN/c1-10-7-8-12(9-11(10)2)15(17)13-5-3-4-6-14(13)16/h3-6,10-12,15H,7-9,17H2,1-2H3. The lowest BCUT2D eigenvalue weighted by molar-refractivity contribution is 0.186. The average molecular weight is 343 g/mol. The molecule has 0 aliphatic heterocycles. The largest absolute Gasteiger partial charge is 0.324 e. The van der Waals surface area contributed by atoms with E-state index in [0.29, 0.717) is 5.92 Å². The van der Waals surface area contributed by atoms with Crippen LogP contribution in [0.1, 0.15) is 44.7 Å². The molecule has 0 saturated heterocycles. The summed E-state index contributed by atoms with van der Waals surface area (Å²) in [7, 11) is 0. The third-order valence-corrected chi connectivity index (χ3v) is 5.39. The second kappa shape index (κ2) is 5.70. The smallest absolute Gasteiger partial charge is 0.0334 e. The zero-order chi connectivity index (χ0) is 12.4. The molecule has 4 unspecified atom stereocenters. The Labute approximate surface area is 118 Å². The molecule has 0 aromatic heterocycles. The van der Waals surface area contributed by atoms with Crippen LogP contribution in [0.25, 0.3) is 0 Å². The molecule has 1 fully saturated rings. The number of halogens is 1. The molecule has 1 aromatic carbocycles. The van der Waals surface area contributed by atoms with Crippen LogP contribution in [0.4, 0.5) is 0 Å². The lowest BCUT2D eigenvalue weighted by Crippen LogP contribution is -2.29. The highest BCUT2D eigenvalue weighted by Crippen LogP contribution is 2.39. The van der Waals surface area contributed by atoms with Crippen LogP contribution in [0.5, 0.6) is 0 Å². The molecule has 0 spiro atoms. The van der Waals surface area contributed by atoms with Gasteiger partial charge in [0.25, 0.3) is 0 Å². The molecular formula is C15H22IN. The first kappa shape index (κ1) is 13.3. The van der Waals surface area contributed by atoms with Gasteiger partial charge in [-0.05, 0) is 64.8 Å². The van der Waals surface area contributed by atoms with Gasteiger partial charge in [0.15, 0.2) is 0 Å². The van der Waals surface area contributed by atoms with Crippen molar-refractivity contribution < 1.29 is 0 Å². The summed E-state index contributed by atoms with van der Waals surface area (Å²) in [4.78, 5) is 0. The minimum absolute atomic E-state index is 0.220. The van der Waals surface area contributed by atoms with Crippen molar-refractivity contribution >= 4 is 22.6 Å². The topological polar surface area (TPSA) is 26.0 Å². The van der Waals surface area contributed by atoms with Crippen LogP contribution in [-0.4, -0.2) is 0 Å². The van der Waals surface area contributed by atoms with E-state index >= 15 is 0 Å². The van der Waals surface area contributed by atoms with Gasteiger partial charge in [0.2, 0.25) is 0 Å². The van der Waals surface area contributed by atoms with Crippen molar-refractivity contribution in [2.24, 2.45) is 23.5 Å². The van der Waals surface area contributed by atoms with E-state index in [1.807, 2.05) is 0 Å². The highest BCUT2D eigenvalue weighted by Gasteiger charge is 2.29. The first-order chi connectivity index (χ1) is 8.09. The van der Waals surface area contributed by atoms with E-state index < -0.39 is 0 Å². The number of hydrogen-bond donors (Lipinski definition) is 1. The van der Waals surface area contributed by atoms with Gasteiger partial charge in [-0.1, -0.05) is 38.5 Å². The number of hydrogen-bond acceptors (Lipinski definition) is 1. The molecule has 4 atom stereocenters. The molecule has 1 aliphatic rings. The zero-order valence-corrected chi connectivity index (χ0v) is 12.9. The van der Waals surface area contributed by atoms with Gasteiger partial charge in [-0.25, -0.2) is 0 Å². The van der Waals surface area contributed by atoms with Crippen molar-refractivity contribution in [2.75, 3.05) is 0 Å². The van der Waals surface area contributed by atoms with Crippen molar-refractivity contribution in [1.82, 2.24) is 0 Å². The van der Waals surface area contributed by atoms with Crippen LogP contribution in [0, 0.1) is 21.3 Å². The predicted octanol–water partition coefficient (Wildman–Crippen LogP) is 4.36. The van der Waals surface area contributed by atoms with E-state index in [2.05, 4.69) is 60.7 Å². The van der Waals surface area contributed by atoms with Gasteiger partial charge in [0.05, 0.1) is 0 Å². The van der Waals surface area contributed by atoms with Gasteiger partial charge in [0, 0.05) is 9.61 Å². The Bertz CT molecular complexity index is 377. The first-order valence-electron chi connectivity index (χ1n) is 6.59. The van der Waals surface area contributed by atoms with Crippen LogP contribution < -0.4 is 5.73 Å². The summed E-state index contributed by atoms with van der Waals surface area (Å²) in [6, 6.07) is 8.76. The highest BCUT2D eigenvalue weighted by molar-refractivity contribution is 14.1. The van der Waals surface area contributed by atoms with Gasteiger partial charge >= 0.3 is 0 Å². The van der Waals surface area contributed by atoms with Crippen LogP contribution >= 0.6 is 22.6 Å². The van der Waals surface area contributed by atoms with Crippen LogP contribution in [0.15, 0.2) is 24.3 Å². The third kappa shape index (κ3) is 3.02. The van der Waals surface area contributed by atoms with Gasteiger partial charge in [-0.3, -0.25) is 0 Å². The molecule has 1 saturated carbocycles. The first-order valence-corrected chi connectivity index (χ1v) is 7.67. The Kier molecular flexibility index (Phi) is 4.47. The molecule has 1 aromatic rings. The van der Waals surface area contributed by atoms with E-state index in [1.54, 1.807) is 0 Å². The molecule has 0 radical (unpaired) electrons. The Morgan fingerprint density at radius 3 is 2.53 bits per heavy atom. The van der Waals surface area contributed by atoms with Crippen LogP contribution in [0.3, 0.4) is 0 Å². The monoisotopic (exact) mass is 343 g/mol. The summed E-state index contributed by atoms with van der Waals surface area (Å²) in [6.07, 6.45) is 3.91. The lowest BCUT2D eigenvalue weighted by Gasteiger charge is -2.35. The van der Waals surface area contributed by atoms with Gasteiger partial charge < -0.3 is 5.73 Å². The molecule has 0 heterocycles. The number of rotatable bonds is 2. The second-order valence-corrected chi connectivity index (χ2v) is 6.74. The summed E-state index contributed by atoms with van der Waals surface area (Å²) in [6.45, 7) is 4.75. The minimum Gasteiger partial charge on any atom is -0.324 e. The summed E-state index contributed by atoms with van der Waals surface area (Å²) in [5.74, 6) is 2.35. The average Bonchev–Trinajstić information content (AvgIpc) is 2.32. The maximum atomic E-state index is 6.47. The van der Waals surface area contributed by atoms with Crippen molar-refractivity contribution in [3.05, 3.63) is 33.4 Å². The fourth-order valence-electron chi connectivity index (χ4n) is 2.91. The lowest BCUT2D eigenvalue weighted by atomic mass is 9.72. The summed E-state index contributed by atoms with van der Waals surface area (Å²) in [5, 5.41) is 0. The van der Waals surface area contributed by atoms with E-state index in [1.165, 1.54) is 28.4 Å². The molecule has 0 amide bonds. The Morgan fingerprint density at radius 2 is 1.88 bits per heavy atom. The van der Waals surface area contributed by atoms with Gasteiger partial charge in [-0.2, -0.15) is 0 Å². The quantitative estimate of drug-likeness (QED) is 0.793. The van der Waals surface area contributed by atoms with Gasteiger partial charge in [0.1, 0.15) is 0 Å². The van der Waals surface area contributed by atoms with E-state index in [9.17, 15) is 0 Å². The van der Waals surface area contributed by atoms with Crippen molar-refractivity contribution in [3.63, 3.8) is 0 Å². The SMILES string of the molecule is CC1CCC(C(N)c2ccccc2I)CC1C. The maximum Gasteiger partial charge on any atom is 0.0334 e. The fourth-order valence-corrected chi connectivity index (χ4v) is 3.66. The fraction of sp³-hybridized carbons (Fsp3) is 0.600. The van der Waals surface area contributed by atoms with Crippen molar-refractivity contribution in [3.8, 4) is 0 Å². The summed E-state index contributed by atoms with van der Waals surface area (Å²) >= 11 is 2.40. The van der Waals surface area contributed by atoms with E-state index in [0.717, 1.165) is 11.8 Å². The third-order valence-electron chi connectivity index (χ3n) is 4.41. The van der Waals surface area contributed by atoms with Crippen LogP contribution in [-0.2, 0) is 0 Å².